The van der Waals surface area contributed by atoms with Crippen LogP contribution in [0.5, 0.6) is 5.75 Å². The lowest BCUT2D eigenvalue weighted by molar-refractivity contribution is 0.236. The van der Waals surface area contributed by atoms with Crippen LogP contribution in [0.1, 0.15) is 18.9 Å². The van der Waals surface area contributed by atoms with E-state index in [4.69, 9.17) is 9.73 Å². The van der Waals surface area contributed by atoms with Crippen LogP contribution in [0.2, 0.25) is 0 Å². The number of hydrogen-bond acceptors (Lipinski definition) is 3. The first-order valence-electron chi connectivity index (χ1n) is 8.81. The highest BCUT2D eigenvalue weighted by atomic mass is 16.5. The molecule has 0 saturated heterocycles. The third-order valence-electron chi connectivity index (χ3n) is 4.62. The Labute approximate surface area is 149 Å². The normalized spacial score (nSPS) is 18.9. The smallest absolute Gasteiger partial charge is 0.145 e. The van der Waals surface area contributed by atoms with Gasteiger partial charge in [-0.2, -0.15) is 0 Å². The molecule has 3 heteroatoms. The van der Waals surface area contributed by atoms with Crippen LogP contribution in [-0.4, -0.2) is 23.4 Å². The molecule has 3 nitrogen and oxygen atoms in total. The summed E-state index contributed by atoms with van der Waals surface area (Å²) in [6.45, 7) is 2.82. The molecule has 2 aromatic rings. The highest BCUT2D eigenvalue weighted by Crippen LogP contribution is 2.31. The Morgan fingerprint density at radius 2 is 1.80 bits per heavy atom. The summed E-state index contributed by atoms with van der Waals surface area (Å²) in [6, 6.07) is 18.8. The molecule has 0 aromatic heterocycles. The van der Waals surface area contributed by atoms with Gasteiger partial charge in [-0.25, -0.2) is 4.99 Å². The zero-order chi connectivity index (χ0) is 17.1. The lowest BCUT2D eigenvalue weighted by atomic mass is 10.0. The fourth-order valence-corrected chi connectivity index (χ4v) is 3.17. The molecule has 2 aliphatic rings. The predicted molar refractivity (Wildman–Crippen MR) is 102 cm³/mol. The van der Waals surface area contributed by atoms with E-state index in [1.54, 1.807) is 0 Å². The van der Waals surface area contributed by atoms with Gasteiger partial charge in [0.05, 0.1) is 6.04 Å². The van der Waals surface area contributed by atoms with Crippen LogP contribution >= 0.6 is 0 Å². The number of aliphatic imine (C=N–C) groups is 1. The summed E-state index contributed by atoms with van der Waals surface area (Å²) in [5, 5.41) is 0. The summed E-state index contributed by atoms with van der Waals surface area (Å²) in [6.07, 6.45) is 8.61. The Balaban J connectivity index is 1.56. The van der Waals surface area contributed by atoms with Crippen molar-refractivity contribution in [3.05, 3.63) is 84.1 Å². The summed E-state index contributed by atoms with van der Waals surface area (Å²) >= 11 is 0. The van der Waals surface area contributed by atoms with E-state index in [1.165, 1.54) is 11.1 Å². The molecule has 0 bridgehead atoms. The molecule has 0 fully saturated rings. The molecule has 0 spiro atoms. The average molecular weight is 330 g/mol. The highest BCUT2D eigenvalue weighted by molar-refractivity contribution is 5.97. The molecule has 126 valence electrons. The molecular weight excluding hydrogens is 308 g/mol. The van der Waals surface area contributed by atoms with E-state index in [9.17, 15) is 0 Å². The zero-order valence-corrected chi connectivity index (χ0v) is 14.4. The van der Waals surface area contributed by atoms with Crippen molar-refractivity contribution < 1.29 is 4.74 Å². The molecule has 2 heterocycles. The number of aryl methyl sites for hydroxylation is 1. The Morgan fingerprint density at radius 1 is 1.00 bits per heavy atom. The molecular formula is C22H22N2O. The first-order chi connectivity index (χ1) is 12.3. The quantitative estimate of drug-likeness (QED) is 0.801. The largest absolute Gasteiger partial charge is 0.489 e. The Hall–Kier alpha value is -2.81. The van der Waals surface area contributed by atoms with E-state index >= 15 is 0 Å². The van der Waals surface area contributed by atoms with Crippen molar-refractivity contribution in [3.63, 3.8) is 0 Å². The van der Waals surface area contributed by atoms with Crippen molar-refractivity contribution in [2.24, 2.45) is 4.99 Å². The Morgan fingerprint density at radius 3 is 2.68 bits per heavy atom. The zero-order valence-electron chi connectivity index (χ0n) is 14.4. The van der Waals surface area contributed by atoms with Gasteiger partial charge in [0, 0.05) is 6.20 Å². The lowest BCUT2D eigenvalue weighted by Crippen LogP contribution is -2.39. The minimum absolute atomic E-state index is 0.240. The fourth-order valence-electron chi connectivity index (χ4n) is 3.17. The van der Waals surface area contributed by atoms with Crippen molar-refractivity contribution in [2.45, 2.75) is 25.8 Å². The molecule has 25 heavy (non-hydrogen) atoms. The van der Waals surface area contributed by atoms with Gasteiger partial charge in [0.1, 0.15) is 23.9 Å². The van der Waals surface area contributed by atoms with Crippen molar-refractivity contribution in [1.82, 2.24) is 4.90 Å². The van der Waals surface area contributed by atoms with Gasteiger partial charge in [-0.1, -0.05) is 48.5 Å². The van der Waals surface area contributed by atoms with Gasteiger partial charge < -0.3 is 9.64 Å². The SMILES string of the molecule is CC1COc2ccccc2N=C2C=CC(CCc3ccccc3)=CN21. The maximum atomic E-state index is 5.95. The molecule has 1 atom stereocenters. The second kappa shape index (κ2) is 6.98. The van der Waals surface area contributed by atoms with Gasteiger partial charge in [-0.05, 0) is 49.1 Å². The van der Waals surface area contributed by atoms with Crippen LogP contribution in [0.25, 0.3) is 0 Å². The summed E-state index contributed by atoms with van der Waals surface area (Å²) in [4.78, 5) is 7.04. The summed E-state index contributed by atoms with van der Waals surface area (Å²) in [5.74, 6) is 1.83. The minimum Gasteiger partial charge on any atom is -0.489 e. The molecule has 0 saturated carbocycles. The second-order valence-electron chi connectivity index (χ2n) is 6.53. The van der Waals surface area contributed by atoms with Gasteiger partial charge in [0.15, 0.2) is 0 Å². The molecule has 2 aliphatic heterocycles. The number of benzene rings is 2. The van der Waals surface area contributed by atoms with Gasteiger partial charge >= 0.3 is 0 Å². The Kier molecular flexibility index (Phi) is 4.38. The number of para-hydroxylation sites is 2. The van der Waals surface area contributed by atoms with Crippen LogP contribution in [-0.2, 0) is 6.42 Å². The number of nitrogens with zero attached hydrogens (tertiary/aromatic N) is 2. The number of fused-ring (bicyclic) bond motifs is 2. The second-order valence-corrected chi connectivity index (χ2v) is 6.53. The summed E-state index contributed by atoms with van der Waals surface area (Å²) in [5.41, 5.74) is 3.58. The maximum Gasteiger partial charge on any atom is 0.145 e. The molecule has 2 aromatic carbocycles. The third kappa shape index (κ3) is 3.50. The van der Waals surface area contributed by atoms with Crippen LogP contribution in [0.3, 0.4) is 0 Å². The molecule has 0 amide bonds. The molecule has 0 N–H and O–H groups in total. The van der Waals surface area contributed by atoms with Gasteiger partial charge in [-0.3, -0.25) is 0 Å². The topological polar surface area (TPSA) is 24.8 Å². The maximum absolute atomic E-state index is 5.95. The van der Waals surface area contributed by atoms with Crippen molar-refractivity contribution in [3.8, 4) is 5.75 Å². The van der Waals surface area contributed by atoms with E-state index < -0.39 is 0 Å². The van der Waals surface area contributed by atoms with E-state index in [0.29, 0.717) is 6.61 Å². The lowest BCUT2D eigenvalue weighted by Gasteiger charge is -2.32. The van der Waals surface area contributed by atoms with Crippen LogP contribution in [0, 0.1) is 0 Å². The number of hydrogen-bond donors (Lipinski definition) is 0. The van der Waals surface area contributed by atoms with E-state index in [-0.39, 0.29) is 6.04 Å². The predicted octanol–water partition coefficient (Wildman–Crippen LogP) is 4.89. The van der Waals surface area contributed by atoms with Crippen molar-refractivity contribution in [1.29, 1.82) is 0 Å². The molecule has 0 radical (unpaired) electrons. The number of amidine groups is 1. The molecule has 0 aliphatic carbocycles. The van der Waals surface area contributed by atoms with Gasteiger partial charge in [0.25, 0.3) is 0 Å². The van der Waals surface area contributed by atoms with Crippen LogP contribution in [0.15, 0.2) is 83.5 Å². The van der Waals surface area contributed by atoms with E-state index in [1.807, 2.05) is 24.3 Å². The average Bonchev–Trinajstić information content (AvgIpc) is 2.66. The fraction of sp³-hybridized carbons (Fsp3) is 0.227. The minimum atomic E-state index is 0.240. The summed E-state index contributed by atoms with van der Waals surface area (Å²) in [7, 11) is 0. The first kappa shape index (κ1) is 15.7. The molecule has 1 unspecified atom stereocenters. The van der Waals surface area contributed by atoms with E-state index in [0.717, 1.165) is 30.1 Å². The summed E-state index contributed by atoms with van der Waals surface area (Å²) < 4.78 is 5.95. The first-order valence-corrected chi connectivity index (χ1v) is 8.81. The van der Waals surface area contributed by atoms with Crippen molar-refractivity contribution >= 4 is 11.5 Å². The van der Waals surface area contributed by atoms with Gasteiger partial charge in [0.2, 0.25) is 0 Å². The number of allylic oxidation sites excluding steroid dienone is 2. The standard InChI is InChI=1S/C22H22N2O/c1-17-16-25-21-10-6-5-9-20(21)23-22-14-13-19(15-24(17)22)12-11-18-7-3-2-4-8-18/h2-10,13-15,17H,11-12,16H2,1H3. The highest BCUT2D eigenvalue weighted by Gasteiger charge is 2.22. The monoisotopic (exact) mass is 330 g/mol. The number of rotatable bonds is 3. The Bertz CT molecular complexity index is 836. The van der Waals surface area contributed by atoms with Crippen molar-refractivity contribution in [2.75, 3.05) is 6.61 Å². The van der Waals surface area contributed by atoms with Crippen LogP contribution < -0.4 is 4.74 Å². The third-order valence-corrected chi connectivity index (χ3v) is 4.62. The molecule has 4 rings (SSSR count). The van der Waals surface area contributed by atoms with Gasteiger partial charge in [-0.15, -0.1) is 0 Å². The number of ether oxygens (including phenoxy) is 1. The van der Waals surface area contributed by atoms with Crippen LogP contribution in [0.4, 0.5) is 5.69 Å². The van der Waals surface area contributed by atoms with E-state index in [2.05, 4.69) is 60.5 Å².